The molecule has 6 heteroatoms. The Morgan fingerprint density at radius 3 is 2.65 bits per heavy atom. The second-order valence-corrected chi connectivity index (χ2v) is 6.69. The fraction of sp³-hybridized carbons (Fsp3) is 0.500. The highest BCUT2D eigenvalue weighted by Gasteiger charge is 2.28. The number of carboxylic acid groups (broad SMARTS) is 1. The summed E-state index contributed by atoms with van der Waals surface area (Å²) in [6.07, 6.45) is 2.70. The molecule has 0 atom stereocenters. The summed E-state index contributed by atoms with van der Waals surface area (Å²) in [5, 5.41) is 14.3. The van der Waals surface area contributed by atoms with Gasteiger partial charge in [-0.25, -0.2) is 9.78 Å². The molecule has 2 aromatic heterocycles. The molecule has 2 heterocycles. The van der Waals surface area contributed by atoms with Crippen LogP contribution in [0.15, 0.2) is 12.3 Å². The van der Waals surface area contributed by atoms with Crippen LogP contribution in [-0.2, 0) is 12.0 Å². The third-order valence-corrected chi connectivity index (χ3v) is 3.97. The van der Waals surface area contributed by atoms with Crippen molar-refractivity contribution in [2.75, 3.05) is 0 Å². The highest BCUT2D eigenvalue weighted by atomic mass is 32.1. The summed E-state index contributed by atoms with van der Waals surface area (Å²) in [6.45, 7) is 8.80. The minimum atomic E-state index is -0.916. The number of rotatable bonds is 4. The Hall–Kier alpha value is -1.69. The molecule has 0 aliphatic carbocycles. The molecule has 0 aromatic carbocycles. The van der Waals surface area contributed by atoms with Crippen LogP contribution < -0.4 is 0 Å². The Morgan fingerprint density at radius 2 is 2.15 bits per heavy atom. The fourth-order valence-electron chi connectivity index (χ4n) is 1.99. The Kier molecular flexibility index (Phi) is 3.94. The van der Waals surface area contributed by atoms with Crippen LogP contribution in [0.1, 0.15) is 49.5 Å². The van der Waals surface area contributed by atoms with Crippen molar-refractivity contribution < 1.29 is 9.90 Å². The quantitative estimate of drug-likeness (QED) is 0.938. The highest BCUT2D eigenvalue weighted by Crippen LogP contribution is 2.34. The molecule has 5 nitrogen and oxygen atoms in total. The second-order valence-electron chi connectivity index (χ2n) is 5.69. The maximum absolute atomic E-state index is 11.4. The van der Waals surface area contributed by atoms with Gasteiger partial charge < -0.3 is 5.11 Å². The Bertz CT molecular complexity index is 623. The lowest BCUT2D eigenvalue weighted by Crippen LogP contribution is -2.16. The predicted octanol–water partition coefficient (Wildman–Crippen LogP) is 3.41. The molecule has 2 rings (SSSR count). The Balaban J connectivity index is 2.53. The molecule has 0 aliphatic heterocycles. The van der Waals surface area contributed by atoms with Gasteiger partial charge in [-0.15, -0.1) is 11.3 Å². The van der Waals surface area contributed by atoms with Crippen molar-refractivity contribution >= 4 is 17.3 Å². The molecule has 0 fully saturated rings. The Morgan fingerprint density at radius 1 is 1.45 bits per heavy atom. The summed E-state index contributed by atoms with van der Waals surface area (Å²) in [7, 11) is 0. The summed E-state index contributed by atoms with van der Waals surface area (Å²) >= 11 is 1.22. The summed E-state index contributed by atoms with van der Waals surface area (Å²) in [5.74, 6) is -0.916. The average Bonchev–Trinajstić information content (AvgIpc) is 2.93. The largest absolute Gasteiger partial charge is 0.477 e. The molecule has 0 amide bonds. The zero-order valence-corrected chi connectivity index (χ0v) is 13.0. The number of hydrogen-bond donors (Lipinski definition) is 1. The molecule has 0 saturated carbocycles. The normalized spacial score (nSPS) is 11.8. The first-order valence-corrected chi connectivity index (χ1v) is 7.43. The van der Waals surface area contributed by atoms with Crippen molar-refractivity contribution in [2.24, 2.45) is 0 Å². The van der Waals surface area contributed by atoms with Crippen LogP contribution in [0, 0.1) is 0 Å². The molecule has 0 radical (unpaired) electrons. The molecule has 108 valence electrons. The summed E-state index contributed by atoms with van der Waals surface area (Å²) in [4.78, 5) is 16.3. The zero-order chi connectivity index (χ0) is 14.9. The first kappa shape index (κ1) is 14.7. The monoisotopic (exact) mass is 293 g/mol. The zero-order valence-electron chi connectivity index (χ0n) is 12.2. The van der Waals surface area contributed by atoms with E-state index in [1.165, 1.54) is 11.3 Å². The van der Waals surface area contributed by atoms with Crippen LogP contribution >= 0.6 is 11.3 Å². The number of thiazole rings is 1. The third kappa shape index (κ3) is 2.75. The minimum absolute atomic E-state index is 0.294. The summed E-state index contributed by atoms with van der Waals surface area (Å²) in [6, 6.07) is 1.88. The van der Waals surface area contributed by atoms with Gasteiger partial charge in [0.1, 0.15) is 9.88 Å². The van der Waals surface area contributed by atoms with Gasteiger partial charge in [-0.1, -0.05) is 27.7 Å². The molecule has 0 spiro atoms. The molecule has 0 unspecified atom stereocenters. The van der Waals surface area contributed by atoms with Crippen molar-refractivity contribution in [3.05, 3.63) is 22.8 Å². The lowest BCUT2D eigenvalue weighted by molar-refractivity contribution is 0.0699. The Labute approximate surface area is 122 Å². The molecule has 20 heavy (non-hydrogen) atoms. The van der Waals surface area contributed by atoms with Crippen LogP contribution in [-0.4, -0.2) is 25.8 Å². The molecule has 0 saturated heterocycles. The number of aryl methyl sites for hydroxylation is 1. The molecule has 0 aliphatic rings. The number of aromatic nitrogens is 3. The predicted molar refractivity (Wildman–Crippen MR) is 79.3 cm³/mol. The smallest absolute Gasteiger partial charge is 0.347 e. The van der Waals surface area contributed by atoms with Gasteiger partial charge in [0.05, 0.1) is 11.4 Å². The van der Waals surface area contributed by atoms with Crippen LogP contribution in [0.25, 0.3) is 10.7 Å². The van der Waals surface area contributed by atoms with Crippen molar-refractivity contribution in [1.29, 1.82) is 0 Å². The maximum Gasteiger partial charge on any atom is 0.347 e. The van der Waals surface area contributed by atoms with Crippen LogP contribution in [0.5, 0.6) is 0 Å². The second kappa shape index (κ2) is 5.36. The SMILES string of the molecule is CCCn1nccc1-c1nc(C(C)(C)C)c(C(=O)O)s1. The van der Waals surface area contributed by atoms with E-state index in [1.54, 1.807) is 6.20 Å². The van der Waals surface area contributed by atoms with Gasteiger partial charge in [-0.3, -0.25) is 4.68 Å². The fourth-order valence-corrected chi connectivity index (χ4v) is 3.13. The first-order valence-electron chi connectivity index (χ1n) is 6.61. The van der Waals surface area contributed by atoms with E-state index in [4.69, 9.17) is 0 Å². The first-order chi connectivity index (χ1) is 9.34. The average molecular weight is 293 g/mol. The van der Waals surface area contributed by atoms with E-state index >= 15 is 0 Å². The number of carboxylic acids is 1. The lowest BCUT2D eigenvalue weighted by atomic mass is 9.91. The van der Waals surface area contributed by atoms with Gasteiger partial charge in [0, 0.05) is 18.2 Å². The standard InChI is InChI=1S/C14H19N3O2S/c1-5-8-17-9(6-7-15-17)12-16-11(14(2,3)4)10(20-12)13(18)19/h6-7H,5,8H2,1-4H3,(H,18,19). The van der Waals surface area contributed by atoms with E-state index in [2.05, 4.69) is 17.0 Å². The van der Waals surface area contributed by atoms with E-state index in [9.17, 15) is 9.90 Å². The third-order valence-electron chi connectivity index (χ3n) is 2.90. The minimum Gasteiger partial charge on any atom is -0.477 e. The van der Waals surface area contributed by atoms with E-state index in [-0.39, 0.29) is 5.41 Å². The van der Waals surface area contributed by atoms with E-state index < -0.39 is 5.97 Å². The molecular weight excluding hydrogens is 274 g/mol. The number of hydrogen-bond acceptors (Lipinski definition) is 4. The highest BCUT2D eigenvalue weighted by molar-refractivity contribution is 7.17. The van der Waals surface area contributed by atoms with Gasteiger partial charge in [0.2, 0.25) is 0 Å². The van der Waals surface area contributed by atoms with Gasteiger partial charge in [0.25, 0.3) is 0 Å². The number of nitrogens with zero attached hydrogens (tertiary/aromatic N) is 3. The molecule has 0 bridgehead atoms. The summed E-state index contributed by atoms with van der Waals surface area (Å²) in [5.41, 5.74) is 1.22. The van der Waals surface area contributed by atoms with Crippen molar-refractivity contribution in [3.63, 3.8) is 0 Å². The van der Waals surface area contributed by atoms with E-state index in [1.807, 2.05) is 31.5 Å². The van der Waals surface area contributed by atoms with E-state index in [0.717, 1.165) is 23.7 Å². The van der Waals surface area contributed by atoms with Gasteiger partial charge in [0.15, 0.2) is 0 Å². The number of carbonyl (C=O) groups is 1. The molecule has 2 aromatic rings. The van der Waals surface area contributed by atoms with Gasteiger partial charge in [-0.05, 0) is 12.5 Å². The molecular formula is C14H19N3O2S. The van der Waals surface area contributed by atoms with Gasteiger partial charge >= 0.3 is 5.97 Å². The molecule has 1 N–H and O–H groups in total. The topological polar surface area (TPSA) is 68.0 Å². The number of aromatic carboxylic acids is 1. The maximum atomic E-state index is 11.4. The van der Waals surface area contributed by atoms with Crippen LogP contribution in [0.3, 0.4) is 0 Å². The van der Waals surface area contributed by atoms with Crippen molar-refractivity contribution in [2.45, 2.75) is 46.1 Å². The lowest BCUT2D eigenvalue weighted by Gasteiger charge is -2.16. The van der Waals surface area contributed by atoms with Crippen molar-refractivity contribution in [1.82, 2.24) is 14.8 Å². The van der Waals surface area contributed by atoms with Crippen LogP contribution in [0.2, 0.25) is 0 Å². The van der Waals surface area contributed by atoms with Crippen molar-refractivity contribution in [3.8, 4) is 10.7 Å². The van der Waals surface area contributed by atoms with Gasteiger partial charge in [-0.2, -0.15) is 5.10 Å². The van der Waals surface area contributed by atoms with E-state index in [0.29, 0.717) is 10.6 Å². The van der Waals surface area contributed by atoms with Crippen LogP contribution in [0.4, 0.5) is 0 Å². The summed E-state index contributed by atoms with van der Waals surface area (Å²) < 4.78 is 1.87.